The number of rotatable bonds is 5. The molecule has 1 aromatic carbocycles. The van der Waals surface area contributed by atoms with Crippen LogP contribution >= 0.6 is 0 Å². The fourth-order valence-electron chi connectivity index (χ4n) is 2.63. The molecule has 9 heteroatoms. The van der Waals surface area contributed by atoms with Crippen LogP contribution in [0, 0.1) is 12.4 Å². The molecule has 0 saturated carbocycles. The van der Waals surface area contributed by atoms with E-state index in [-0.39, 0.29) is 31.2 Å². The largest absolute Gasteiger partial charge is 0.442 e. The highest BCUT2D eigenvalue weighted by Gasteiger charge is 2.32. The zero-order valence-corrected chi connectivity index (χ0v) is 14.0. The number of benzene rings is 1. The van der Waals surface area contributed by atoms with Crippen molar-refractivity contribution in [3.05, 3.63) is 53.7 Å². The molecule has 2 amide bonds. The Balaban J connectivity index is 1.76. The van der Waals surface area contributed by atoms with Crippen LogP contribution in [0.1, 0.15) is 12.6 Å². The average molecular weight is 357 g/mol. The molecular formula is C17H16FN5O3. The summed E-state index contributed by atoms with van der Waals surface area (Å²) in [5, 5.41) is 2.59. The third kappa shape index (κ3) is 3.64. The van der Waals surface area contributed by atoms with Crippen molar-refractivity contribution in [1.29, 1.82) is 0 Å². The number of hydrogen-bond donors (Lipinski definition) is 1. The summed E-state index contributed by atoms with van der Waals surface area (Å²) in [7, 11) is 0. The molecule has 1 aliphatic rings. The number of imidazole rings is 1. The van der Waals surface area contributed by atoms with Gasteiger partial charge in [-0.05, 0) is 18.2 Å². The summed E-state index contributed by atoms with van der Waals surface area (Å²) in [5.41, 5.74) is 1.18. The van der Waals surface area contributed by atoms with Crippen LogP contribution in [0.3, 0.4) is 0 Å². The van der Waals surface area contributed by atoms with Gasteiger partial charge in [0, 0.05) is 13.1 Å². The van der Waals surface area contributed by atoms with Gasteiger partial charge in [-0.25, -0.2) is 20.7 Å². The Bertz CT molecular complexity index is 889. The van der Waals surface area contributed by atoms with Gasteiger partial charge in [-0.2, -0.15) is 0 Å². The minimum Gasteiger partial charge on any atom is -0.442 e. The minimum absolute atomic E-state index is 0.127. The quantitative estimate of drug-likeness (QED) is 0.829. The molecule has 1 N–H and O–H groups in total. The zero-order valence-electron chi connectivity index (χ0n) is 14.0. The summed E-state index contributed by atoms with van der Waals surface area (Å²) in [6.07, 6.45) is 1.95. The number of cyclic esters (lactones) is 1. The van der Waals surface area contributed by atoms with Gasteiger partial charge in [-0.15, -0.1) is 0 Å². The number of halogens is 1. The van der Waals surface area contributed by atoms with Crippen LogP contribution in [0.5, 0.6) is 0 Å². The molecule has 0 unspecified atom stereocenters. The van der Waals surface area contributed by atoms with Crippen molar-refractivity contribution in [2.24, 2.45) is 0 Å². The van der Waals surface area contributed by atoms with Crippen LogP contribution < -0.4 is 10.2 Å². The lowest BCUT2D eigenvalue weighted by Gasteiger charge is -2.14. The molecule has 2 aromatic rings. The number of hydrogen-bond acceptors (Lipinski definition) is 4. The summed E-state index contributed by atoms with van der Waals surface area (Å²) in [5.74, 6) is -0.750. The summed E-state index contributed by atoms with van der Waals surface area (Å²) >= 11 is 0. The second-order valence-corrected chi connectivity index (χ2v) is 5.78. The van der Waals surface area contributed by atoms with E-state index in [0.717, 1.165) is 0 Å². The first kappa shape index (κ1) is 17.4. The molecular weight excluding hydrogens is 341 g/mol. The maximum atomic E-state index is 14.5. The molecule has 1 saturated heterocycles. The van der Waals surface area contributed by atoms with Crippen molar-refractivity contribution < 1.29 is 18.7 Å². The van der Waals surface area contributed by atoms with Crippen molar-refractivity contribution in [3.8, 4) is 5.69 Å². The van der Waals surface area contributed by atoms with E-state index in [1.54, 1.807) is 12.3 Å². The number of carbonyl (C=O) groups excluding carboxylic acids is 2. The van der Waals surface area contributed by atoms with Crippen molar-refractivity contribution in [1.82, 2.24) is 14.9 Å². The summed E-state index contributed by atoms with van der Waals surface area (Å²) in [6, 6.07) is 4.38. The number of aromatic nitrogens is 2. The lowest BCUT2D eigenvalue weighted by molar-refractivity contribution is -0.119. The third-order valence-corrected chi connectivity index (χ3v) is 3.85. The number of ether oxygens (including phenoxy) is 1. The van der Waals surface area contributed by atoms with E-state index in [1.165, 1.54) is 34.9 Å². The van der Waals surface area contributed by atoms with E-state index < -0.39 is 18.0 Å². The van der Waals surface area contributed by atoms with Crippen LogP contribution in [0.25, 0.3) is 10.5 Å². The maximum absolute atomic E-state index is 14.5. The van der Waals surface area contributed by atoms with Crippen LogP contribution in [0.15, 0.2) is 30.7 Å². The van der Waals surface area contributed by atoms with Gasteiger partial charge in [0.2, 0.25) is 5.91 Å². The van der Waals surface area contributed by atoms with Gasteiger partial charge < -0.3 is 19.5 Å². The Morgan fingerprint density at radius 2 is 2.35 bits per heavy atom. The summed E-state index contributed by atoms with van der Waals surface area (Å²) in [6.45, 7) is 8.77. The van der Waals surface area contributed by atoms with Gasteiger partial charge in [-0.3, -0.25) is 9.69 Å². The minimum atomic E-state index is -0.588. The molecule has 134 valence electrons. The molecule has 0 aliphatic carbocycles. The highest BCUT2D eigenvalue weighted by atomic mass is 19.1. The van der Waals surface area contributed by atoms with Gasteiger partial charge in [0.05, 0.1) is 30.8 Å². The first-order chi connectivity index (χ1) is 12.5. The molecule has 26 heavy (non-hydrogen) atoms. The molecule has 1 atom stereocenters. The molecule has 1 fully saturated rings. The van der Waals surface area contributed by atoms with Crippen molar-refractivity contribution in [2.45, 2.75) is 19.6 Å². The molecule has 0 radical (unpaired) electrons. The SMILES string of the molecule is [C-]#[N+]Cc1cn(-c2ccc(N3C[C@H](CNC(C)=O)OC3=O)cc2F)cn1. The van der Waals surface area contributed by atoms with Gasteiger partial charge >= 0.3 is 6.09 Å². The van der Waals surface area contributed by atoms with E-state index in [1.807, 2.05) is 0 Å². The maximum Gasteiger partial charge on any atom is 0.414 e. The van der Waals surface area contributed by atoms with Gasteiger partial charge in [0.1, 0.15) is 17.6 Å². The predicted molar refractivity (Wildman–Crippen MR) is 90.1 cm³/mol. The van der Waals surface area contributed by atoms with Crippen molar-refractivity contribution in [2.75, 3.05) is 18.0 Å². The summed E-state index contributed by atoms with van der Waals surface area (Å²) < 4.78 is 21.2. The first-order valence-electron chi connectivity index (χ1n) is 7.86. The topological polar surface area (TPSA) is 80.8 Å². The molecule has 1 aliphatic heterocycles. The first-order valence-corrected chi connectivity index (χ1v) is 7.86. The van der Waals surface area contributed by atoms with E-state index in [2.05, 4.69) is 15.1 Å². The van der Waals surface area contributed by atoms with Gasteiger partial charge in [0.15, 0.2) is 0 Å². The summed E-state index contributed by atoms with van der Waals surface area (Å²) in [4.78, 5) is 31.6. The van der Waals surface area contributed by atoms with E-state index in [4.69, 9.17) is 11.3 Å². The molecule has 0 spiro atoms. The van der Waals surface area contributed by atoms with Crippen LogP contribution in [0.4, 0.5) is 14.9 Å². The molecule has 2 heterocycles. The average Bonchev–Trinajstić information content (AvgIpc) is 3.20. The Hall–Kier alpha value is -3.41. The second-order valence-electron chi connectivity index (χ2n) is 5.78. The highest BCUT2D eigenvalue weighted by molar-refractivity contribution is 5.90. The smallest absolute Gasteiger partial charge is 0.414 e. The second kappa shape index (κ2) is 7.23. The van der Waals surface area contributed by atoms with Gasteiger partial charge in [0.25, 0.3) is 6.54 Å². The fourth-order valence-corrected chi connectivity index (χ4v) is 2.63. The molecule has 3 rings (SSSR count). The number of nitrogens with one attached hydrogen (secondary N) is 1. The normalized spacial score (nSPS) is 16.3. The lowest BCUT2D eigenvalue weighted by atomic mass is 10.2. The van der Waals surface area contributed by atoms with Crippen molar-refractivity contribution >= 4 is 17.7 Å². The monoisotopic (exact) mass is 357 g/mol. The Morgan fingerprint density at radius 3 is 3.04 bits per heavy atom. The van der Waals surface area contributed by atoms with Crippen LogP contribution in [-0.4, -0.2) is 40.7 Å². The van der Waals surface area contributed by atoms with Crippen LogP contribution in [0.2, 0.25) is 0 Å². The van der Waals surface area contributed by atoms with E-state index >= 15 is 0 Å². The Morgan fingerprint density at radius 1 is 1.54 bits per heavy atom. The molecule has 8 nitrogen and oxygen atoms in total. The molecule has 0 bridgehead atoms. The van der Waals surface area contributed by atoms with Gasteiger partial charge in [-0.1, -0.05) is 0 Å². The lowest BCUT2D eigenvalue weighted by Crippen LogP contribution is -2.33. The fraction of sp³-hybridized carbons (Fsp3) is 0.294. The van der Waals surface area contributed by atoms with Crippen molar-refractivity contribution in [3.63, 3.8) is 0 Å². The Kier molecular flexibility index (Phi) is 4.84. The Labute approximate surface area is 149 Å². The number of carbonyl (C=O) groups is 2. The van der Waals surface area contributed by atoms with E-state index in [0.29, 0.717) is 11.4 Å². The van der Waals surface area contributed by atoms with E-state index in [9.17, 15) is 14.0 Å². The third-order valence-electron chi connectivity index (χ3n) is 3.85. The number of amides is 2. The number of anilines is 1. The predicted octanol–water partition coefficient (Wildman–Crippen LogP) is 1.89. The standard InChI is InChI=1S/C17H16FN5O3/c1-11(24)20-7-14-9-23(17(25)26-14)13-3-4-16(15(18)5-13)22-8-12(6-19-2)21-10-22/h3-5,8,10,14H,6-7,9H2,1H3,(H,20,24)/t14-/m0/s1. The highest BCUT2D eigenvalue weighted by Crippen LogP contribution is 2.25. The zero-order chi connectivity index (χ0) is 18.7. The van der Waals surface area contributed by atoms with Crippen LogP contribution in [-0.2, 0) is 16.1 Å². The number of nitrogens with zero attached hydrogens (tertiary/aromatic N) is 4. The molecule has 1 aromatic heterocycles.